The van der Waals surface area contributed by atoms with Crippen LogP contribution in [0.1, 0.15) is 30.5 Å². The second kappa shape index (κ2) is 9.81. The number of hydrogen-bond acceptors (Lipinski definition) is 1. The van der Waals surface area contributed by atoms with Crippen LogP contribution in [0.4, 0.5) is 17.1 Å². The molecule has 0 saturated heterocycles. The highest BCUT2D eigenvalue weighted by Gasteiger charge is 2.22. The van der Waals surface area contributed by atoms with Crippen molar-refractivity contribution in [3.05, 3.63) is 151 Å². The average Bonchev–Trinajstić information content (AvgIpc) is 3.34. The standard InChI is InChI=1S/C37H30N2/c1-27-11-10-18-36-37(27)34-16-8-9-17-35(34)39(36)33-25-21-29(22-26-33)28-19-23-32(24-20-28)38(30-12-4-2-5-13-30)31-14-6-3-7-15-31/h2-10,12-27H,11H2,1H3. The normalized spacial score (nSPS) is 14.3. The Kier molecular flexibility index (Phi) is 5.86. The van der Waals surface area contributed by atoms with E-state index in [-0.39, 0.29) is 0 Å². The first-order chi connectivity index (χ1) is 19.3. The average molecular weight is 503 g/mol. The molecule has 5 aromatic carbocycles. The Morgan fingerprint density at radius 2 is 1.13 bits per heavy atom. The van der Waals surface area contributed by atoms with Crippen molar-refractivity contribution in [3.63, 3.8) is 0 Å². The number of rotatable bonds is 5. The fraction of sp³-hybridized carbons (Fsp3) is 0.0811. The van der Waals surface area contributed by atoms with Crippen LogP contribution >= 0.6 is 0 Å². The van der Waals surface area contributed by atoms with Crippen LogP contribution in [-0.4, -0.2) is 4.57 Å². The van der Waals surface area contributed by atoms with Gasteiger partial charge in [0.05, 0.1) is 5.52 Å². The number of fused-ring (bicyclic) bond motifs is 3. The lowest BCUT2D eigenvalue weighted by molar-refractivity contribution is 0.773. The molecule has 1 aliphatic rings. The van der Waals surface area contributed by atoms with E-state index in [9.17, 15) is 0 Å². The molecule has 0 aliphatic heterocycles. The van der Waals surface area contributed by atoms with Crippen molar-refractivity contribution in [2.45, 2.75) is 19.3 Å². The Bertz CT molecular complexity index is 1720. The van der Waals surface area contributed by atoms with E-state index in [2.05, 4.69) is 162 Å². The molecule has 0 N–H and O–H groups in total. The van der Waals surface area contributed by atoms with Crippen LogP contribution in [0.25, 0.3) is 33.8 Å². The summed E-state index contributed by atoms with van der Waals surface area (Å²) in [5.74, 6) is 0.528. The quantitative estimate of drug-likeness (QED) is 0.228. The minimum absolute atomic E-state index is 0.528. The number of nitrogens with zero attached hydrogens (tertiary/aromatic N) is 2. The number of allylic oxidation sites excluding steroid dienone is 1. The van der Waals surface area contributed by atoms with Crippen molar-refractivity contribution in [2.75, 3.05) is 4.90 Å². The maximum absolute atomic E-state index is 2.42. The van der Waals surface area contributed by atoms with Gasteiger partial charge in [0.1, 0.15) is 0 Å². The number of benzene rings is 5. The molecule has 188 valence electrons. The SMILES string of the molecule is CC1CC=Cc2c1c1ccccc1n2-c1ccc(-c2ccc(N(c3ccccc3)c3ccccc3)cc2)cc1. The lowest BCUT2D eigenvalue weighted by atomic mass is 9.91. The lowest BCUT2D eigenvalue weighted by Gasteiger charge is -2.25. The van der Waals surface area contributed by atoms with Crippen LogP contribution in [0.15, 0.2) is 140 Å². The largest absolute Gasteiger partial charge is 0.311 e. The Morgan fingerprint density at radius 1 is 0.590 bits per heavy atom. The zero-order chi connectivity index (χ0) is 26.2. The highest BCUT2D eigenvalue weighted by Crippen LogP contribution is 2.40. The van der Waals surface area contributed by atoms with Gasteiger partial charge in [-0.3, -0.25) is 0 Å². The van der Waals surface area contributed by atoms with E-state index < -0.39 is 0 Å². The van der Waals surface area contributed by atoms with Gasteiger partial charge in [-0.2, -0.15) is 0 Å². The molecule has 2 nitrogen and oxygen atoms in total. The van der Waals surface area contributed by atoms with E-state index in [0.29, 0.717) is 5.92 Å². The van der Waals surface area contributed by atoms with Gasteiger partial charge in [-0.15, -0.1) is 0 Å². The summed E-state index contributed by atoms with van der Waals surface area (Å²) in [6.45, 7) is 2.34. The molecule has 0 saturated carbocycles. The van der Waals surface area contributed by atoms with Gasteiger partial charge in [-0.1, -0.05) is 91.9 Å². The molecule has 1 unspecified atom stereocenters. The summed E-state index contributed by atoms with van der Waals surface area (Å²) < 4.78 is 2.42. The Balaban J connectivity index is 1.23. The monoisotopic (exact) mass is 502 g/mol. The van der Waals surface area contributed by atoms with E-state index in [1.807, 2.05) is 0 Å². The predicted molar refractivity (Wildman–Crippen MR) is 165 cm³/mol. The minimum atomic E-state index is 0.528. The molecule has 0 radical (unpaired) electrons. The molecule has 2 heteroatoms. The Labute approximate surface area is 230 Å². The number of anilines is 3. The van der Waals surface area contributed by atoms with Crippen LogP contribution in [0.3, 0.4) is 0 Å². The van der Waals surface area contributed by atoms with Crippen LogP contribution in [0.2, 0.25) is 0 Å². The third-order valence-electron chi connectivity index (χ3n) is 7.82. The fourth-order valence-corrected chi connectivity index (χ4v) is 5.95. The van der Waals surface area contributed by atoms with Crippen LogP contribution in [0, 0.1) is 0 Å². The third-order valence-corrected chi connectivity index (χ3v) is 7.82. The molecule has 0 amide bonds. The Morgan fingerprint density at radius 3 is 1.77 bits per heavy atom. The zero-order valence-corrected chi connectivity index (χ0v) is 22.0. The van der Waals surface area contributed by atoms with Gasteiger partial charge in [-0.25, -0.2) is 0 Å². The summed E-state index contributed by atoms with van der Waals surface area (Å²) in [6.07, 6.45) is 5.71. The summed E-state index contributed by atoms with van der Waals surface area (Å²) in [4.78, 5) is 2.29. The molecular formula is C37H30N2. The van der Waals surface area contributed by atoms with E-state index in [1.165, 1.54) is 39.0 Å². The van der Waals surface area contributed by atoms with Crippen molar-refractivity contribution < 1.29 is 0 Å². The van der Waals surface area contributed by atoms with E-state index in [4.69, 9.17) is 0 Å². The Hall–Kier alpha value is -4.82. The molecule has 39 heavy (non-hydrogen) atoms. The second-order valence-corrected chi connectivity index (χ2v) is 10.3. The zero-order valence-electron chi connectivity index (χ0n) is 22.0. The topological polar surface area (TPSA) is 8.17 Å². The highest BCUT2D eigenvalue weighted by atomic mass is 15.1. The van der Waals surface area contributed by atoms with E-state index >= 15 is 0 Å². The molecule has 1 aromatic heterocycles. The van der Waals surface area contributed by atoms with Crippen molar-refractivity contribution in [3.8, 4) is 16.8 Å². The molecule has 1 aliphatic carbocycles. The number of hydrogen-bond donors (Lipinski definition) is 0. The summed E-state index contributed by atoms with van der Waals surface area (Å²) in [7, 11) is 0. The summed E-state index contributed by atoms with van der Waals surface area (Å²) in [5.41, 5.74) is 11.1. The van der Waals surface area contributed by atoms with Crippen LogP contribution < -0.4 is 4.90 Å². The van der Waals surface area contributed by atoms with Gasteiger partial charge in [-0.05, 0) is 89.7 Å². The predicted octanol–water partition coefficient (Wildman–Crippen LogP) is 10.3. The highest BCUT2D eigenvalue weighted by molar-refractivity contribution is 5.91. The maximum Gasteiger partial charge on any atom is 0.0537 e. The number of aromatic nitrogens is 1. The van der Waals surface area contributed by atoms with Gasteiger partial charge in [0.15, 0.2) is 0 Å². The van der Waals surface area contributed by atoms with E-state index in [0.717, 1.165) is 23.5 Å². The molecule has 0 spiro atoms. The second-order valence-electron chi connectivity index (χ2n) is 10.3. The van der Waals surface area contributed by atoms with Gasteiger partial charge < -0.3 is 9.47 Å². The molecule has 0 bridgehead atoms. The summed E-state index contributed by atoms with van der Waals surface area (Å²) in [6, 6.07) is 47.7. The van der Waals surface area contributed by atoms with Gasteiger partial charge in [0, 0.05) is 33.8 Å². The molecule has 7 rings (SSSR count). The van der Waals surface area contributed by atoms with Crippen molar-refractivity contribution in [1.29, 1.82) is 0 Å². The molecule has 1 atom stereocenters. The maximum atomic E-state index is 2.42. The first kappa shape index (κ1) is 23.3. The molecule has 1 heterocycles. The van der Waals surface area contributed by atoms with Gasteiger partial charge in [0.2, 0.25) is 0 Å². The third kappa shape index (κ3) is 4.15. The first-order valence-corrected chi connectivity index (χ1v) is 13.7. The van der Waals surface area contributed by atoms with Gasteiger partial charge >= 0.3 is 0 Å². The van der Waals surface area contributed by atoms with E-state index in [1.54, 1.807) is 0 Å². The molecule has 6 aromatic rings. The van der Waals surface area contributed by atoms with Crippen molar-refractivity contribution in [2.24, 2.45) is 0 Å². The number of para-hydroxylation sites is 3. The minimum Gasteiger partial charge on any atom is -0.311 e. The van der Waals surface area contributed by atoms with Crippen molar-refractivity contribution >= 4 is 34.0 Å². The lowest BCUT2D eigenvalue weighted by Crippen LogP contribution is -2.09. The smallest absolute Gasteiger partial charge is 0.0537 e. The van der Waals surface area contributed by atoms with Crippen LogP contribution in [-0.2, 0) is 0 Å². The van der Waals surface area contributed by atoms with Gasteiger partial charge in [0.25, 0.3) is 0 Å². The fourth-order valence-electron chi connectivity index (χ4n) is 5.95. The van der Waals surface area contributed by atoms with Crippen molar-refractivity contribution in [1.82, 2.24) is 4.57 Å². The molecular weight excluding hydrogens is 472 g/mol. The van der Waals surface area contributed by atoms with Crippen LogP contribution in [0.5, 0.6) is 0 Å². The summed E-state index contributed by atoms with van der Waals surface area (Å²) >= 11 is 0. The molecule has 0 fully saturated rings. The first-order valence-electron chi connectivity index (χ1n) is 13.7. The summed E-state index contributed by atoms with van der Waals surface area (Å²) in [5, 5.41) is 1.37.